The average molecular weight is 512 g/mol. The molecule has 0 atom stereocenters. The van der Waals surface area contributed by atoms with Gasteiger partial charge in [-0.25, -0.2) is 9.97 Å². The number of rotatable bonds is 2. The number of nitrogens with zero attached hydrogens (tertiary/aromatic N) is 8. The summed E-state index contributed by atoms with van der Waals surface area (Å²) in [6.07, 6.45) is 0. The van der Waals surface area contributed by atoms with E-state index in [1.807, 2.05) is 0 Å². The molecule has 0 bridgehead atoms. The molecule has 0 saturated heterocycles. The Balaban J connectivity index is 2.14. The molecule has 14 heteroatoms. The van der Waals surface area contributed by atoms with Crippen molar-refractivity contribution in [2.75, 3.05) is 0 Å². The van der Waals surface area contributed by atoms with Gasteiger partial charge in [-0.3, -0.25) is 0 Å². The first-order valence-corrected chi connectivity index (χ1v) is 10.1. The summed E-state index contributed by atoms with van der Waals surface area (Å²) in [4.78, 5) is 14.3. The summed E-state index contributed by atoms with van der Waals surface area (Å²) in [5, 5.41) is 37.2. The number of oxazole rings is 2. The third kappa shape index (κ3) is 3.72. The van der Waals surface area contributed by atoms with Gasteiger partial charge in [0.15, 0.2) is 22.3 Å². The highest BCUT2D eigenvalue weighted by Gasteiger charge is 2.27. The molecule has 0 fully saturated rings. The molecule has 0 spiro atoms. The van der Waals surface area contributed by atoms with Crippen LogP contribution >= 0.6 is 0 Å². The van der Waals surface area contributed by atoms with Crippen LogP contribution in [0.2, 0.25) is 0 Å². The maximum atomic E-state index is 14.1. The summed E-state index contributed by atoms with van der Waals surface area (Å²) in [5.74, 6) is -4.96. The van der Waals surface area contributed by atoms with Crippen LogP contribution in [0.15, 0.2) is 33.1 Å². The Morgan fingerprint density at radius 2 is 0.868 bits per heavy atom. The van der Waals surface area contributed by atoms with Crippen molar-refractivity contribution in [1.82, 2.24) is 19.9 Å². The van der Waals surface area contributed by atoms with Crippen molar-refractivity contribution < 1.29 is 26.4 Å². The van der Waals surface area contributed by atoms with Crippen molar-refractivity contribution in [3.63, 3.8) is 0 Å². The molecule has 10 nitrogen and oxygen atoms in total. The van der Waals surface area contributed by atoms with Gasteiger partial charge in [-0.15, -0.1) is 0 Å². The van der Waals surface area contributed by atoms with Crippen molar-refractivity contribution >= 4 is 33.3 Å². The summed E-state index contributed by atoms with van der Waals surface area (Å²) >= 11 is 0. The summed E-state index contributed by atoms with van der Waals surface area (Å²) < 4.78 is 67.8. The van der Waals surface area contributed by atoms with Crippen LogP contribution in [0.25, 0.3) is 55.6 Å². The Hall–Kier alpha value is -6.12. The zero-order valence-corrected chi connectivity index (χ0v) is 18.2. The van der Waals surface area contributed by atoms with E-state index in [-0.39, 0.29) is 44.5 Å². The lowest BCUT2D eigenvalue weighted by Crippen LogP contribution is -2.04. The second kappa shape index (κ2) is 8.83. The fraction of sp³-hybridized carbons (Fsp3) is 0. The van der Waals surface area contributed by atoms with Crippen LogP contribution in [0, 0.1) is 69.1 Å². The van der Waals surface area contributed by atoms with Gasteiger partial charge in [0.05, 0.1) is 11.1 Å². The normalized spacial score (nSPS) is 10.5. The first kappa shape index (κ1) is 23.6. The lowest BCUT2D eigenvalue weighted by molar-refractivity contribution is 0.512. The second-order valence-corrected chi connectivity index (χ2v) is 7.34. The summed E-state index contributed by atoms with van der Waals surface area (Å²) in [7, 11) is 0. The maximum Gasteiger partial charge on any atom is 0.249 e. The third-order valence-electron chi connectivity index (χ3n) is 5.16. The van der Waals surface area contributed by atoms with Crippen molar-refractivity contribution in [2.45, 2.75) is 0 Å². The Morgan fingerprint density at radius 1 is 0.553 bits per heavy atom. The van der Waals surface area contributed by atoms with Crippen molar-refractivity contribution in [2.24, 2.45) is 0 Å². The van der Waals surface area contributed by atoms with Crippen LogP contribution in [-0.4, -0.2) is 19.9 Å². The van der Waals surface area contributed by atoms with E-state index in [9.17, 15) is 38.6 Å². The van der Waals surface area contributed by atoms with Gasteiger partial charge in [-0.05, 0) is 11.1 Å². The molecule has 0 aliphatic heterocycles. The highest BCUT2D eigenvalue weighted by molar-refractivity contribution is 6.15. The van der Waals surface area contributed by atoms with E-state index in [0.717, 1.165) is 24.3 Å². The van der Waals surface area contributed by atoms with E-state index < -0.39 is 46.0 Å². The lowest BCUT2D eigenvalue weighted by Gasteiger charge is -2.08. The van der Waals surface area contributed by atoms with Crippen LogP contribution in [0.5, 0.6) is 0 Å². The Bertz CT molecular complexity index is 1850. The van der Waals surface area contributed by atoms with Gasteiger partial charge in [0.1, 0.15) is 35.3 Å². The molecule has 1 aromatic carbocycles. The summed E-state index contributed by atoms with van der Waals surface area (Å²) in [5.41, 5.74) is -4.22. The minimum absolute atomic E-state index is 0.201. The summed E-state index contributed by atoms with van der Waals surface area (Å²) in [6.45, 7) is 0. The quantitative estimate of drug-likeness (QED) is 0.253. The molecule has 0 saturated carbocycles. The smallest absolute Gasteiger partial charge is 0.249 e. The average Bonchev–Trinajstić information content (AvgIpc) is 3.47. The molecule has 4 heterocycles. The van der Waals surface area contributed by atoms with Gasteiger partial charge >= 0.3 is 0 Å². The Kier molecular flexibility index (Phi) is 5.49. The molecule has 0 aliphatic rings. The van der Waals surface area contributed by atoms with E-state index in [2.05, 4.69) is 19.9 Å². The Morgan fingerprint density at radius 3 is 1.16 bits per heavy atom. The second-order valence-electron chi connectivity index (χ2n) is 7.34. The van der Waals surface area contributed by atoms with E-state index in [1.54, 1.807) is 24.3 Å². The van der Waals surface area contributed by atoms with E-state index in [0.29, 0.717) is 0 Å². The van der Waals surface area contributed by atoms with Crippen LogP contribution in [0.3, 0.4) is 0 Å². The number of benzene rings is 1. The maximum absolute atomic E-state index is 14.1. The van der Waals surface area contributed by atoms with Gasteiger partial charge in [-0.2, -0.15) is 48.6 Å². The van der Waals surface area contributed by atoms with Crippen LogP contribution in [-0.2, 0) is 0 Å². The number of pyridine rings is 2. The van der Waals surface area contributed by atoms with Crippen molar-refractivity contribution in [3.8, 4) is 46.5 Å². The molecule has 0 radical (unpaired) electrons. The highest BCUT2D eigenvalue weighted by Crippen LogP contribution is 2.42. The van der Waals surface area contributed by atoms with Crippen molar-refractivity contribution in [3.05, 3.63) is 59.1 Å². The topological polar surface area (TPSA) is 173 Å². The predicted molar refractivity (Wildman–Crippen MR) is 116 cm³/mol. The zero-order chi connectivity index (χ0) is 27.1. The minimum Gasteiger partial charge on any atom is -0.434 e. The summed E-state index contributed by atoms with van der Waals surface area (Å²) in [6, 6.07) is 9.55. The molecule has 5 rings (SSSR count). The number of hydrogen-bond donors (Lipinski definition) is 0. The third-order valence-corrected chi connectivity index (χ3v) is 5.16. The van der Waals surface area contributed by atoms with Gasteiger partial charge in [0.2, 0.25) is 34.9 Å². The number of halogens is 4. The molecular weight excluding hydrogens is 508 g/mol. The standard InChI is InChI=1S/C24H4F4N8O2/c25-13-1-9(2-14(26)33-13)17-19-22(38-23(35-19)11(5-29)6-30)18(10-3-15(27)34-16(28)4-10)20-21(17)37-24(36-20)12(7-31)8-32/h1-4H. The van der Waals surface area contributed by atoms with Gasteiger partial charge < -0.3 is 8.83 Å². The Labute approximate surface area is 206 Å². The molecular formula is C24H4F4N8O2. The number of hydrogen-bond acceptors (Lipinski definition) is 10. The molecule has 4 aromatic heterocycles. The zero-order valence-electron chi connectivity index (χ0n) is 18.2. The fourth-order valence-corrected chi connectivity index (χ4v) is 3.74. The monoisotopic (exact) mass is 512 g/mol. The molecule has 0 N–H and O–H groups in total. The van der Waals surface area contributed by atoms with E-state index in [1.165, 1.54) is 0 Å². The SMILES string of the molecule is N#CC(C#N)=c1nc2c(-c3cc(F)nc(F)c3)c3oc(=C(C#N)C#N)nc3c(-c3cc(F)nc(F)c3)c2o1. The van der Waals surface area contributed by atoms with Gasteiger partial charge in [-0.1, -0.05) is 0 Å². The highest BCUT2D eigenvalue weighted by atomic mass is 19.1. The lowest BCUT2D eigenvalue weighted by atomic mass is 9.97. The number of fused-ring (bicyclic) bond motifs is 2. The first-order valence-electron chi connectivity index (χ1n) is 10.1. The van der Waals surface area contributed by atoms with Gasteiger partial charge in [0, 0.05) is 24.3 Å². The van der Waals surface area contributed by atoms with Crippen molar-refractivity contribution in [1.29, 1.82) is 21.0 Å². The van der Waals surface area contributed by atoms with E-state index >= 15 is 0 Å². The molecule has 0 aliphatic carbocycles. The van der Waals surface area contributed by atoms with Gasteiger partial charge in [0.25, 0.3) is 0 Å². The minimum atomic E-state index is -1.24. The molecule has 0 amide bonds. The first-order chi connectivity index (χ1) is 18.3. The molecule has 0 unspecified atom stereocenters. The number of aromatic nitrogens is 4. The van der Waals surface area contributed by atoms with Crippen LogP contribution in [0.4, 0.5) is 17.6 Å². The van der Waals surface area contributed by atoms with Crippen LogP contribution in [0.1, 0.15) is 0 Å². The van der Waals surface area contributed by atoms with Crippen LogP contribution < -0.4 is 11.1 Å². The van der Waals surface area contributed by atoms with E-state index in [4.69, 9.17) is 8.83 Å². The molecule has 5 aromatic rings. The predicted octanol–water partition coefficient (Wildman–Crippen LogP) is 3.05. The fourth-order valence-electron chi connectivity index (χ4n) is 3.74. The largest absolute Gasteiger partial charge is 0.434 e. The number of nitriles is 4. The molecule has 38 heavy (non-hydrogen) atoms. The molecule has 180 valence electrons.